The molecule has 7 nitrogen and oxygen atoms in total. The second-order valence-corrected chi connectivity index (χ2v) is 9.92. The summed E-state index contributed by atoms with van der Waals surface area (Å²) in [6, 6.07) is 6.48. The van der Waals surface area contributed by atoms with E-state index in [4.69, 9.17) is 0 Å². The lowest BCUT2D eigenvalue weighted by Gasteiger charge is -2.13. The van der Waals surface area contributed by atoms with Gasteiger partial charge in [-0.3, -0.25) is 4.79 Å². The smallest absolute Gasteiger partial charge is 0.240 e. The van der Waals surface area contributed by atoms with Crippen molar-refractivity contribution in [1.29, 1.82) is 0 Å². The second-order valence-electron chi connectivity index (χ2n) is 6.90. The molecular formula is C18H24N4O3S2. The van der Waals surface area contributed by atoms with Gasteiger partial charge < -0.3 is 9.88 Å². The lowest BCUT2D eigenvalue weighted by Crippen LogP contribution is -2.30. The maximum Gasteiger partial charge on any atom is 0.240 e. The highest BCUT2D eigenvalue weighted by atomic mass is 32.2. The number of nitrogens with zero attached hydrogens (tertiary/aromatic N) is 2. The zero-order chi connectivity index (χ0) is 19.6. The Labute approximate surface area is 164 Å². The van der Waals surface area contributed by atoms with Crippen LogP contribution in [0.2, 0.25) is 0 Å². The van der Waals surface area contributed by atoms with Crippen LogP contribution in [0.1, 0.15) is 39.7 Å². The molecule has 1 aliphatic rings. The normalized spacial score (nSPS) is 15.7. The molecule has 0 spiro atoms. The molecule has 9 heteroatoms. The highest BCUT2D eigenvalue weighted by Gasteiger charge is 2.27. The van der Waals surface area contributed by atoms with Gasteiger partial charge in [0.15, 0.2) is 5.16 Å². The number of aromatic nitrogens is 2. The summed E-state index contributed by atoms with van der Waals surface area (Å²) in [4.78, 5) is 17.0. The molecule has 0 unspecified atom stereocenters. The first-order valence-electron chi connectivity index (χ1n) is 8.89. The van der Waals surface area contributed by atoms with Gasteiger partial charge in [-0.1, -0.05) is 11.8 Å². The van der Waals surface area contributed by atoms with E-state index in [0.29, 0.717) is 11.7 Å². The van der Waals surface area contributed by atoms with Crippen LogP contribution < -0.4 is 10.0 Å². The number of rotatable bonds is 8. The molecular weight excluding hydrogens is 384 g/mol. The van der Waals surface area contributed by atoms with Gasteiger partial charge in [-0.25, -0.2) is 18.1 Å². The second kappa shape index (κ2) is 8.04. The Morgan fingerprint density at radius 1 is 1.22 bits per heavy atom. The van der Waals surface area contributed by atoms with Gasteiger partial charge in [0.05, 0.1) is 10.1 Å². The molecule has 1 aromatic carbocycles. The van der Waals surface area contributed by atoms with Crippen LogP contribution in [0.25, 0.3) is 0 Å². The van der Waals surface area contributed by atoms with Crippen molar-refractivity contribution in [2.75, 3.05) is 5.32 Å². The van der Waals surface area contributed by atoms with Crippen molar-refractivity contribution in [3.63, 3.8) is 0 Å². The van der Waals surface area contributed by atoms with Gasteiger partial charge in [0.2, 0.25) is 15.9 Å². The van der Waals surface area contributed by atoms with Gasteiger partial charge in [0.25, 0.3) is 0 Å². The number of imidazole rings is 1. The minimum Gasteiger partial charge on any atom is -0.325 e. The van der Waals surface area contributed by atoms with Gasteiger partial charge in [-0.2, -0.15) is 0 Å². The lowest BCUT2D eigenvalue weighted by atomic mass is 10.3. The van der Waals surface area contributed by atoms with Crippen LogP contribution in [0.4, 0.5) is 5.69 Å². The third kappa shape index (κ3) is 5.12. The maximum atomic E-state index is 12.5. The number of anilines is 1. The molecule has 27 heavy (non-hydrogen) atoms. The van der Waals surface area contributed by atoms with Crippen LogP contribution in [0.3, 0.4) is 0 Å². The molecule has 0 bridgehead atoms. The van der Waals surface area contributed by atoms with Crippen LogP contribution >= 0.6 is 11.8 Å². The van der Waals surface area contributed by atoms with Crippen molar-refractivity contribution in [2.45, 2.75) is 61.0 Å². The number of nitrogens with one attached hydrogen (secondary N) is 2. The van der Waals surface area contributed by atoms with Gasteiger partial charge in [-0.15, -0.1) is 0 Å². The van der Waals surface area contributed by atoms with E-state index in [9.17, 15) is 13.2 Å². The third-order valence-corrected chi connectivity index (χ3v) is 6.82. The maximum absolute atomic E-state index is 12.5. The van der Waals surface area contributed by atoms with Gasteiger partial charge in [0.1, 0.15) is 0 Å². The average Bonchev–Trinajstić information content (AvgIpc) is 3.33. The molecule has 3 rings (SSSR count). The summed E-state index contributed by atoms with van der Waals surface area (Å²) in [5.41, 5.74) is 0.557. The SMILES string of the molecule is CC(C)NS(=O)(=O)c1ccc(NC(=O)[C@H](C)Sc2nccn2C2CC2)cc1. The molecule has 1 atom stereocenters. The zero-order valence-corrected chi connectivity index (χ0v) is 17.2. The molecule has 1 heterocycles. The Hall–Kier alpha value is -1.84. The largest absolute Gasteiger partial charge is 0.325 e. The fraction of sp³-hybridized carbons (Fsp3) is 0.444. The van der Waals surface area contributed by atoms with E-state index in [1.807, 2.05) is 13.1 Å². The van der Waals surface area contributed by atoms with Crippen molar-refractivity contribution in [3.05, 3.63) is 36.7 Å². The highest BCUT2D eigenvalue weighted by molar-refractivity contribution is 8.00. The van der Waals surface area contributed by atoms with Crippen molar-refractivity contribution in [3.8, 4) is 0 Å². The van der Waals surface area contributed by atoms with Crippen LogP contribution in [0.15, 0.2) is 46.7 Å². The summed E-state index contributed by atoms with van der Waals surface area (Å²) in [5.74, 6) is -0.152. The molecule has 146 valence electrons. The van der Waals surface area contributed by atoms with Crippen molar-refractivity contribution in [2.24, 2.45) is 0 Å². The fourth-order valence-corrected chi connectivity index (χ4v) is 4.76. The molecule has 0 aliphatic heterocycles. The van der Waals surface area contributed by atoms with Gasteiger partial charge >= 0.3 is 0 Å². The quantitative estimate of drug-likeness (QED) is 0.655. The molecule has 0 saturated heterocycles. The van der Waals surface area contributed by atoms with Crippen LogP contribution in [-0.2, 0) is 14.8 Å². The number of amides is 1. The Kier molecular flexibility index (Phi) is 5.92. The number of thioether (sulfide) groups is 1. The summed E-state index contributed by atoms with van der Waals surface area (Å²) in [6.45, 7) is 5.36. The summed E-state index contributed by atoms with van der Waals surface area (Å²) >= 11 is 1.42. The number of sulfonamides is 1. The average molecular weight is 409 g/mol. The first-order valence-corrected chi connectivity index (χ1v) is 11.3. The first-order chi connectivity index (χ1) is 12.8. The van der Waals surface area contributed by atoms with Crippen molar-refractivity contribution >= 4 is 33.4 Å². The van der Waals surface area contributed by atoms with Crippen LogP contribution in [0, 0.1) is 0 Å². The third-order valence-electron chi connectivity index (χ3n) is 4.05. The molecule has 1 saturated carbocycles. The lowest BCUT2D eigenvalue weighted by molar-refractivity contribution is -0.115. The summed E-state index contributed by atoms with van der Waals surface area (Å²) in [6.07, 6.45) is 6.03. The number of carbonyl (C=O) groups excluding carboxylic acids is 1. The molecule has 1 aromatic heterocycles. The van der Waals surface area contributed by atoms with Crippen LogP contribution in [0.5, 0.6) is 0 Å². The highest BCUT2D eigenvalue weighted by Crippen LogP contribution is 2.38. The summed E-state index contributed by atoms with van der Waals surface area (Å²) in [5, 5.41) is 3.35. The predicted molar refractivity (Wildman–Crippen MR) is 106 cm³/mol. The number of benzene rings is 1. The predicted octanol–water partition coefficient (Wildman–Crippen LogP) is 3.02. The zero-order valence-electron chi connectivity index (χ0n) is 15.5. The molecule has 2 aromatic rings. The Balaban J connectivity index is 1.61. The summed E-state index contributed by atoms with van der Waals surface area (Å²) in [7, 11) is -3.54. The summed E-state index contributed by atoms with van der Waals surface area (Å²) < 4.78 is 28.9. The van der Waals surface area contributed by atoms with E-state index in [-0.39, 0.29) is 22.1 Å². The van der Waals surface area contributed by atoms with E-state index >= 15 is 0 Å². The number of hydrogen-bond donors (Lipinski definition) is 2. The Morgan fingerprint density at radius 3 is 2.48 bits per heavy atom. The van der Waals surface area contributed by atoms with Crippen molar-refractivity contribution < 1.29 is 13.2 Å². The van der Waals surface area contributed by atoms with E-state index in [1.54, 1.807) is 32.2 Å². The van der Waals surface area contributed by atoms with E-state index in [0.717, 1.165) is 18.0 Å². The molecule has 1 fully saturated rings. The van der Waals surface area contributed by atoms with E-state index in [2.05, 4.69) is 19.6 Å². The van der Waals surface area contributed by atoms with Gasteiger partial charge in [-0.05, 0) is 57.9 Å². The number of hydrogen-bond acceptors (Lipinski definition) is 5. The Bertz CT molecular complexity index is 903. The van der Waals surface area contributed by atoms with Gasteiger partial charge in [0, 0.05) is 30.2 Å². The first kappa shape index (κ1) is 19.9. The fourth-order valence-electron chi connectivity index (χ4n) is 2.57. The van der Waals surface area contributed by atoms with E-state index in [1.165, 1.54) is 23.9 Å². The van der Waals surface area contributed by atoms with Crippen molar-refractivity contribution in [1.82, 2.24) is 14.3 Å². The minimum atomic E-state index is -3.54. The molecule has 1 amide bonds. The Morgan fingerprint density at radius 2 is 1.89 bits per heavy atom. The number of carbonyl (C=O) groups is 1. The van der Waals surface area contributed by atoms with E-state index < -0.39 is 10.0 Å². The monoisotopic (exact) mass is 408 g/mol. The standard InChI is InChI=1S/C18H24N4O3S2/c1-12(2)21-27(24,25)16-8-4-14(5-9-16)20-17(23)13(3)26-18-19-10-11-22(18)15-6-7-15/h4-5,8-13,15,21H,6-7H2,1-3H3,(H,20,23)/t13-/m0/s1. The molecule has 1 aliphatic carbocycles. The molecule has 0 radical (unpaired) electrons. The van der Waals surface area contributed by atoms with Crippen LogP contribution in [-0.4, -0.2) is 35.2 Å². The minimum absolute atomic E-state index is 0.152. The topological polar surface area (TPSA) is 93.1 Å². The molecule has 2 N–H and O–H groups in total.